The minimum absolute atomic E-state index is 0.0350. The van der Waals surface area contributed by atoms with Crippen LogP contribution in [0.4, 0.5) is 0 Å². The molecule has 132 valence electrons. The Morgan fingerprint density at radius 1 is 1.42 bits per heavy atom. The minimum atomic E-state index is -3.55. The van der Waals surface area contributed by atoms with Gasteiger partial charge in [0.25, 0.3) is 0 Å². The number of nitrogens with zero attached hydrogens (tertiary/aromatic N) is 1. The number of amides is 1. The second-order valence-electron chi connectivity index (χ2n) is 5.84. The molecule has 0 radical (unpaired) electrons. The second kappa shape index (κ2) is 7.81. The fourth-order valence-electron chi connectivity index (χ4n) is 2.84. The summed E-state index contributed by atoms with van der Waals surface area (Å²) in [5.41, 5.74) is 0.775. The number of benzene rings is 1. The molecule has 1 saturated heterocycles. The van der Waals surface area contributed by atoms with Gasteiger partial charge in [0.2, 0.25) is 15.9 Å². The van der Waals surface area contributed by atoms with Crippen molar-refractivity contribution in [1.82, 2.24) is 9.62 Å². The Hall–Kier alpha value is -1.86. The predicted octanol–water partition coefficient (Wildman–Crippen LogP) is 1.71. The smallest absolute Gasteiger partial charge is 0.243 e. The summed E-state index contributed by atoms with van der Waals surface area (Å²) in [6.07, 6.45) is 2.68. The van der Waals surface area contributed by atoms with E-state index in [4.69, 9.17) is 4.74 Å². The molecular formula is C17H24N2O4S. The highest BCUT2D eigenvalue weighted by Crippen LogP contribution is 2.27. The van der Waals surface area contributed by atoms with Crippen LogP contribution in [0.5, 0.6) is 5.75 Å². The van der Waals surface area contributed by atoms with Crippen molar-refractivity contribution in [1.29, 1.82) is 0 Å². The minimum Gasteiger partial charge on any atom is -0.496 e. The predicted molar refractivity (Wildman–Crippen MR) is 92.4 cm³/mol. The summed E-state index contributed by atoms with van der Waals surface area (Å²) >= 11 is 0. The van der Waals surface area contributed by atoms with E-state index in [9.17, 15) is 13.2 Å². The molecule has 1 aromatic rings. The third kappa shape index (κ3) is 3.96. The van der Waals surface area contributed by atoms with E-state index in [1.165, 1.54) is 4.31 Å². The molecule has 1 aliphatic rings. The second-order valence-corrected chi connectivity index (χ2v) is 7.78. The van der Waals surface area contributed by atoms with Crippen molar-refractivity contribution < 1.29 is 17.9 Å². The van der Waals surface area contributed by atoms with Crippen molar-refractivity contribution in [2.45, 2.75) is 24.7 Å². The van der Waals surface area contributed by atoms with Crippen LogP contribution in [-0.4, -0.2) is 45.4 Å². The zero-order valence-corrected chi connectivity index (χ0v) is 14.9. The van der Waals surface area contributed by atoms with E-state index in [2.05, 4.69) is 11.9 Å². The standard InChI is InChI=1S/C17H24N2O4S/c1-4-9-18-17(20)14-7-10-19(11-8-14)24(21,22)15-5-6-16(23-3)13(2)12-15/h4-6,12,14H,1,7-11H2,2-3H3,(H,18,20). The van der Waals surface area contributed by atoms with Gasteiger partial charge in [0.05, 0.1) is 12.0 Å². The first kappa shape index (κ1) is 18.5. The highest BCUT2D eigenvalue weighted by Gasteiger charge is 2.32. The normalized spacial score (nSPS) is 16.6. The largest absolute Gasteiger partial charge is 0.496 e. The van der Waals surface area contributed by atoms with Crippen LogP contribution < -0.4 is 10.1 Å². The summed E-state index contributed by atoms with van der Waals surface area (Å²) in [6, 6.07) is 4.85. The molecule has 24 heavy (non-hydrogen) atoms. The number of nitrogens with one attached hydrogen (secondary N) is 1. The number of rotatable bonds is 6. The summed E-state index contributed by atoms with van der Waals surface area (Å²) in [4.78, 5) is 12.2. The van der Waals surface area contributed by atoms with Crippen LogP contribution in [-0.2, 0) is 14.8 Å². The lowest BCUT2D eigenvalue weighted by Crippen LogP contribution is -2.43. The Bertz CT molecular complexity index is 707. The Morgan fingerprint density at radius 2 is 2.08 bits per heavy atom. The molecule has 0 bridgehead atoms. The molecule has 0 aromatic heterocycles. The number of methoxy groups -OCH3 is 1. The van der Waals surface area contributed by atoms with Crippen molar-refractivity contribution in [2.75, 3.05) is 26.7 Å². The van der Waals surface area contributed by atoms with Crippen molar-refractivity contribution >= 4 is 15.9 Å². The zero-order chi connectivity index (χ0) is 17.7. The Balaban J connectivity index is 2.06. The Kier molecular flexibility index (Phi) is 6.01. The first-order chi connectivity index (χ1) is 11.4. The van der Waals surface area contributed by atoms with Crippen molar-refractivity contribution in [3.05, 3.63) is 36.4 Å². The quantitative estimate of drug-likeness (QED) is 0.791. The van der Waals surface area contributed by atoms with E-state index < -0.39 is 10.0 Å². The van der Waals surface area contributed by atoms with Gasteiger partial charge in [0.1, 0.15) is 5.75 Å². The van der Waals surface area contributed by atoms with Crippen LogP contribution in [0.3, 0.4) is 0 Å². The van der Waals surface area contributed by atoms with Crippen LogP contribution in [0.1, 0.15) is 18.4 Å². The number of piperidine rings is 1. The van der Waals surface area contributed by atoms with E-state index in [1.807, 2.05) is 6.92 Å². The lowest BCUT2D eigenvalue weighted by Gasteiger charge is -2.30. The van der Waals surface area contributed by atoms with Gasteiger partial charge >= 0.3 is 0 Å². The number of ether oxygens (including phenoxy) is 1. The highest BCUT2D eigenvalue weighted by atomic mass is 32.2. The van der Waals surface area contributed by atoms with Gasteiger partial charge in [-0.05, 0) is 43.5 Å². The molecule has 1 amide bonds. The van der Waals surface area contributed by atoms with E-state index >= 15 is 0 Å². The van der Waals surface area contributed by atoms with Gasteiger partial charge in [-0.15, -0.1) is 6.58 Å². The van der Waals surface area contributed by atoms with Crippen LogP contribution in [0.25, 0.3) is 0 Å². The van der Waals surface area contributed by atoms with Gasteiger partial charge in [0.15, 0.2) is 0 Å². The van der Waals surface area contributed by atoms with Crippen LogP contribution in [0, 0.1) is 12.8 Å². The van der Waals surface area contributed by atoms with E-state index in [1.54, 1.807) is 31.4 Å². The molecule has 0 atom stereocenters. The Labute approximate surface area is 143 Å². The van der Waals surface area contributed by atoms with Gasteiger partial charge in [-0.2, -0.15) is 4.31 Å². The monoisotopic (exact) mass is 352 g/mol. The molecule has 7 heteroatoms. The van der Waals surface area contributed by atoms with Crippen molar-refractivity contribution in [2.24, 2.45) is 5.92 Å². The molecule has 0 aliphatic carbocycles. The number of carbonyl (C=O) groups is 1. The summed E-state index contributed by atoms with van der Waals surface area (Å²) < 4.78 is 32.1. The van der Waals surface area contributed by atoms with Gasteiger partial charge in [-0.3, -0.25) is 4.79 Å². The molecule has 6 nitrogen and oxygen atoms in total. The van der Waals surface area contributed by atoms with Crippen LogP contribution in [0.2, 0.25) is 0 Å². The average molecular weight is 352 g/mol. The van der Waals surface area contributed by atoms with Gasteiger partial charge < -0.3 is 10.1 Å². The highest BCUT2D eigenvalue weighted by molar-refractivity contribution is 7.89. The first-order valence-corrected chi connectivity index (χ1v) is 9.37. The summed E-state index contributed by atoms with van der Waals surface area (Å²) in [7, 11) is -1.99. The van der Waals surface area contributed by atoms with Gasteiger partial charge in [-0.25, -0.2) is 8.42 Å². The Morgan fingerprint density at radius 3 is 2.62 bits per heavy atom. The van der Waals surface area contributed by atoms with Crippen LogP contribution >= 0.6 is 0 Å². The van der Waals surface area contributed by atoms with E-state index in [0.29, 0.717) is 38.2 Å². The number of aryl methyl sites for hydroxylation is 1. The fraction of sp³-hybridized carbons (Fsp3) is 0.471. The number of carbonyl (C=O) groups excluding carboxylic acids is 1. The number of hydrogen-bond acceptors (Lipinski definition) is 4. The zero-order valence-electron chi connectivity index (χ0n) is 14.1. The SMILES string of the molecule is C=CCNC(=O)C1CCN(S(=O)(=O)c2ccc(OC)c(C)c2)CC1. The maximum Gasteiger partial charge on any atom is 0.243 e. The molecule has 0 unspecified atom stereocenters. The molecule has 1 N–H and O–H groups in total. The maximum atomic E-state index is 12.8. The molecule has 1 aliphatic heterocycles. The number of sulfonamides is 1. The van der Waals surface area contributed by atoms with Gasteiger partial charge in [-0.1, -0.05) is 6.08 Å². The van der Waals surface area contributed by atoms with Crippen LogP contribution in [0.15, 0.2) is 35.7 Å². The third-order valence-electron chi connectivity index (χ3n) is 4.25. The van der Waals surface area contributed by atoms with E-state index in [-0.39, 0.29) is 16.7 Å². The molecule has 1 heterocycles. The molecule has 0 saturated carbocycles. The first-order valence-electron chi connectivity index (χ1n) is 7.93. The maximum absolute atomic E-state index is 12.8. The number of hydrogen-bond donors (Lipinski definition) is 1. The van der Waals surface area contributed by atoms with Gasteiger partial charge in [0, 0.05) is 25.6 Å². The third-order valence-corrected chi connectivity index (χ3v) is 6.14. The molecule has 1 fully saturated rings. The van der Waals surface area contributed by atoms with Crippen molar-refractivity contribution in [3.63, 3.8) is 0 Å². The van der Waals surface area contributed by atoms with E-state index in [0.717, 1.165) is 5.56 Å². The lowest BCUT2D eigenvalue weighted by molar-refractivity contribution is -0.125. The topological polar surface area (TPSA) is 75.7 Å². The lowest BCUT2D eigenvalue weighted by atomic mass is 9.97. The summed E-state index contributed by atoms with van der Waals surface area (Å²) in [5.74, 6) is 0.479. The molecule has 2 rings (SSSR count). The molecular weight excluding hydrogens is 328 g/mol. The fourth-order valence-corrected chi connectivity index (χ4v) is 4.39. The van der Waals surface area contributed by atoms with Crippen molar-refractivity contribution in [3.8, 4) is 5.75 Å². The summed E-state index contributed by atoms with van der Waals surface area (Å²) in [6.45, 7) is 6.50. The molecule has 1 aromatic carbocycles. The summed E-state index contributed by atoms with van der Waals surface area (Å²) in [5, 5.41) is 2.77. The molecule has 0 spiro atoms. The average Bonchev–Trinajstić information content (AvgIpc) is 2.59.